The maximum atomic E-state index is 11.5. The Morgan fingerprint density at radius 1 is 1.44 bits per heavy atom. The predicted octanol–water partition coefficient (Wildman–Crippen LogP) is -0.373. The van der Waals surface area contributed by atoms with Crippen molar-refractivity contribution in [3.05, 3.63) is 34.1 Å². The normalized spacial score (nSPS) is 11.6. The van der Waals surface area contributed by atoms with Crippen molar-refractivity contribution in [3.63, 3.8) is 0 Å². The summed E-state index contributed by atoms with van der Waals surface area (Å²) in [6.07, 6.45) is 0. The molecule has 1 heterocycles. The van der Waals surface area contributed by atoms with E-state index in [9.17, 15) is 23.3 Å². The zero-order valence-corrected chi connectivity index (χ0v) is 9.47. The van der Waals surface area contributed by atoms with Crippen molar-refractivity contribution < 1.29 is 17.5 Å². The Kier molecular flexibility index (Phi) is 2.51. The lowest BCUT2D eigenvalue weighted by atomic mass is 10.3. The largest absolute Gasteiger partial charge is 0.450 e. The Bertz CT molecular complexity index is 763. The van der Waals surface area contributed by atoms with Crippen LogP contribution in [0.5, 0.6) is 0 Å². The summed E-state index contributed by atoms with van der Waals surface area (Å²) in [7, 11) is -4.73. The Balaban J connectivity index is 2.81. The third-order valence-corrected chi connectivity index (χ3v) is 3.46. The quantitative estimate of drug-likeness (QED) is 0.573. The number of para-hydroxylation sites is 1. The molecule has 0 fully saturated rings. The van der Waals surface area contributed by atoms with Crippen LogP contribution in [-0.2, 0) is 10.0 Å². The first-order valence-corrected chi connectivity index (χ1v) is 5.96. The number of hydrogen-bond donors (Lipinski definition) is 2. The van der Waals surface area contributed by atoms with Gasteiger partial charge in [-0.05, 0) is 12.1 Å². The minimum Gasteiger partial charge on any atom is -0.363 e. The summed E-state index contributed by atoms with van der Waals surface area (Å²) in [5.74, 6) is -1.16. The van der Waals surface area contributed by atoms with E-state index >= 15 is 0 Å². The van der Waals surface area contributed by atoms with E-state index in [2.05, 4.69) is 9.97 Å². The molecule has 0 saturated heterocycles. The molecule has 2 aromatic rings. The Hall–Kier alpha value is -2.49. The minimum atomic E-state index is -4.73. The number of hydrogen-bond acceptors (Lipinski definition) is 6. The number of amides is 1. The summed E-state index contributed by atoms with van der Waals surface area (Å²) >= 11 is 0. The van der Waals surface area contributed by atoms with E-state index in [4.69, 9.17) is 5.73 Å². The summed E-state index contributed by atoms with van der Waals surface area (Å²) in [4.78, 5) is 26.9. The topological polar surface area (TPSA) is 149 Å². The van der Waals surface area contributed by atoms with E-state index in [1.165, 1.54) is 12.1 Å². The maximum Gasteiger partial charge on any atom is 0.450 e. The number of imidazole rings is 1. The van der Waals surface area contributed by atoms with Gasteiger partial charge in [-0.25, -0.2) is 15.1 Å². The maximum absolute atomic E-state index is 11.5. The van der Waals surface area contributed by atoms with Crippen molar-refractivity contribution in [2.75, 3.05) is 0 Å². The van der Waals surface area contributed by atoms with Crippen LogP contribution in [0.3, 0.4) is 0 Å². The number of nitrogens with zero attached hydrogens (tertiary/aromatic N) is 2. The number of nitro groups is 1. The van der Waals surface area contributed by atoms with Gasteiger partial charge in [-0.15, -0.1) is 0 Å². The average molecular weight is 270 g/mol. The van der Waals surface area contributed by atoms with Crippen LogP contribution in [0.4, 0.5) is 0 Å². The molecule has 1 aromatic carbocycles. The molecule has 0 bridgehead atoms. The summed E-state index contributed by atoms with van der Waals surface area (Å²) in [5.41, 5.74) is 4.96. The Labute approximate surface area is 99.8 Å². The molecule has 0 unspecified atom stereocenters. The van der Waals surface area contributed by atoms with Crippen molar-refractivity contribution in [2.24, 2.45) is 5.73 Å². The van der Waals surface area contributed by atoms with Crippen LogP contribution in [0, 0.1) is 10.1 Å². The lowest BCUT2D eigenvalue weighted by Gasteiger charge is -1.96. The van der Waals surface area contributed by atoms with Crippen molar-refractivity contribution in [1.82, 2.24) is 9.97 Å². The fourth-order valence-electron chi connectivity index (χ4n) is 1.41. The summed E-state index contributed by atoms with van der Waals surface area (Å²) in [6.45, 7) is 0. The number of aromatic amines is 1. The molecule has 0 saturated carbocycles. The molecule has 3 N–H and O–H groups in total. The van der Waals surface area contributed by atoms with Crippen molar-refractivity contribution in [2.45, 2.75) is 4.90 Å². The lowest BCUT2D eigenvalue weighted by Crippen LogP contribution is -2.14. The number of aromatic nitrogens is 2. The van der Waals surface area contributed by atoms with Gasteiger partial charge in [-0.2, -0.15) is 8.42 Å². The van der Waals surface area contributed by atoms with E-state index < -0.39 is 25.2 Å². The monoisotopic (exact) mass is 270 g/mol. The summed E-state index contributed by atoms with van der Waals surface area (Å²) in [6, 6.07) is 3.75. The van der Waals surface area contributed by atoms with Gasteiger partial charge in [0, 0.05) is 0 Å². The second-order valence-corrected chi connectivity index (χ2v) is 4.99. The first-order valence-electron chi connectivity index (χ1n) is 4.52. The van der Waals surface area contributed by atoms with Crippen LogP contribution >= 0.6 is 0 Å². The highest BCUT2D eigenvalue weighted by Crippen LogP contribution is 2.22. The number of benzene rings is 1. The van der Waals surface area contributed by atoms with Crippen LogP contribution in [0.25, 0.3) is 11.0 Å². The van der Waals surface area contributed by atoms with Crippen LogP contribution in [-0.4, -0.2) is 28.6 Å². The van der Waals surface area contributed by atoms with Gasteiger partial charge in [-0.3, -0.25) is 4.79 Å². The molecule has 1 aromatic heterocycles. The molecule has 18 heavy (non-hydrogen) atoms. The van der Waals surface area contributed by atoms with Crippen LogP contribution in [0.15, 0.2) is 23.1 Å². The van der Waals surface area contributed by atoms with E-state index in [0.29, 0.717) is 0 Å². The Morgan fingerprint density at radius 2 is 2.11 bits per heavy atom. The highest BCUT2D eigenvalue weighted by molar-refractivity contribution is 7.85. The lowest BCUT2D eigenvalue weighted by molar-refractivity contribution is -0.305. The molecule has 9 nitrogen and oxygen atoms in total. The number of carbonyl (C=O) groups is 1. The van der Waals surface area contributed by atoms with E-state index in [0.717, 1.165) is 6.07 Å². The molecule has 0 aliphatic rings. The van der Waals surface area contributed by atoms with Gasteiger partial charge in [0.05, 0.1) is 5.52 Å². The van der Waals surface area contributed by atoms with Crippen LogP contribution in [0.1, 0.15) is 10.6 Å². The van der Waals surface area contributed by atoms with E-state index in [1.54, 1.807) is 0 Å². The molecule has 94 valence electrons. The predicted molar refractivity (Wildman–Crippen MR) is 58.8 cm³/mol. The van der Waals surface area contributed by atoms with Crippen LogP contribution in [0.2, 0.25) is 0 Å². The third-order valence-electron chi connectivity index (χ3n) is 2.18. The number of fused-ring (bicyclic) bond motifs is 1. The first kappa shape index (κ1) is 12.0. The highest BCUT2D eigenvalue weighted by atomic mass is 32.2. The standard InChI is InChI=1S/C8H6N4O5S/c9-7(13)8-10-4-2-1-3-5(6(4)11-8)18(16,17)12(14)15/h1-3H,(H2,9,13)(H,10,11). The smallest absolute Gasteiger partial charge is 0.363 e. The zero-order chi connectivity index (χ0) is 13.5. The van der Waals surface area contributed by atoms with Crippen molar-refractivity contribution >= 4 is 27.0 Å². The second-order valence-electron chi connectivity index (χ2n) is 3.30. The number of rotatable bonds is 3. The fourth-order valence-corrected chi connectivity index (χ4v) is 2.22. The minimum absolute atomic E-state index is 0.173. The number of nitrogens with two attached hydrogens (primary N) is 1. The van der Waals surface area contributed by atoms with E-state index in [1.807, 2.05) is 0 Å². The molecular formula is C8H6N4O5S. The molecular weight excluding hydrogens is 264 g/mol. The van der Waals surface area contributed by atoms with Gasteiger partial charge >= 0.3 is 10.0 Å². The Morgan fingerprint density at radius 3 is 2.67 bits per heavy atom. The molecule has 1 amide bonds. The van der Waals surface area contributed by atoms with Crippen LogP contribution < -0.4 is 5.73 Å². The summed E-state index contributed by atoms with van der Waals surface area (Å²) in [5, 5.41) is 10.5. The number of carbonyl (C=O) groups excluding carboxylic acids is 1. The number of nitrogens with one attached hydrogen (secondary N) is 1. The van der Waals surface area contributed by atoms with Gasteiger partial charge in [0.1, 0.15) is 5.52 Å². The number of primary amides is 1. The van der Waals surface area contributed by atoms with Gasteiger partial charge < -0.3 is 10.7 Å². The van der Waals surface area contributed by atoms with Gasteiger partial charge in [-0.1, -0.05) is 6.07 Å². The molecule has 0 spiro atoms. The van der Waals surface area contributed by atoms with Crippen molar-refractivity contribution in [1.29, 1.82) is 0 Å². The molecule has 0 radical (unpaired) electrons. The SMILES string of the molecule is NC(=O)c1nc2c(S(=O)(=O)[N+](=O)[O-])cccc2[nH]1. The molecule has 2 rings (SSSR count). The van der Waals surface area contributed by atoms with E-state index in [-0.39, 0.29) is 16.9 Å². The molecule has 10 heteroatoms. The number of H-pyrrole nitrogens is 1. The third kappa shape index (κ3) is 1.68. The summed E-state index contributed by atoms with van der Waals surface area (Å²) < 4.78 is 21.5. The van der Waals surface area contributed by atoms with Gasteiger partial charge in [0.25, 0.3) is 5.91 Å². The average Bonchev–Trinajstić information content (AvgIpc) is 2.71. The second kappa shape index (κ2) is 3.77. The van der Waals surface area contributed by atoms with Gasteiger partial charge in [0.15, 0.2) is 15.0 Å². The first-order chi connectivity index (χ1) is 8.34. The highest BCUT2D eigenvalue weighted by Gasteiger charge is 2.30. The van der Waals surface area contributed by atoms with Crippen molar-refractivity contribution in [3.8, 4) is 0 Å². The molecule has 0 aliphatic carbocycles. The number of sulfonamides is 1. The van der Waals surface area contributed by atoms with Gasteiger partial charge in [0.2, 0.25) is 0 Å². The zero-order valence-electron chi connectivity index (χ0n) is 8.65. The molecule has 0 aliphatic heterocycles. The fraction of sp³-hybridized carbons (Fsp3) is 0. The molecule has 0 atom stereocenters.